The molecule has 2 unspecified atom stereocenters. The Hall–Kier alpha value is -1.87. The van der Waals surface area contributed by atoms with Crippen molar-refractivity contribution >= 4 is 5.91 Å². The standard InChI is InChI=1S/C6H10N6O3/c1-7-10-5(13)3-2-4(11-14)9-6(8-3)12-15/h2,4,6-9H,1H3,(H,10,13). The SMILES string of the molecule is CNNC(=O)C1=CC(N=O)NC(N=O)N1. The van der Waals surface area contributed by atoms with Crippen LogP contribution in [0.3, 0.4) is 0 Å². The summed E-state index contributed by atoms with van der Waals surface area (Å²) in [5.41, 5.74) is 4.73. The van der Waals surface area contributed by atoms with Crippen LogP contribution in [0.1, 0.15) is 0 Å². The van der Waals surface area contributed by atoms with Crippen molar-refractivity contribution < 1.29 is 4.79 Å². The number of hydrogen-bond donors (Lipinski definition) is 4. The first kappa shape index (κ1) is 11.2. The lowest BCUT2D eigenvalue weighted by molar-refractivity contribution is -0.118. The fraction of sp³-hybridized carbons (Fsp3) is 0.500. The highest BCUT2D eigenvalue weighted by Gasteiger charge is 2.24. The van der Waals surface area contributed by atoms with Gasteiger partial charge < -0.3 is 5.32 Å². The van der Waals surface area contributed by atoms with Gasteiger partial charge in [-0.3, -0.25) is 10.2 Å². The minimum absolute atomic E-state index is 0.0531. The number of carbonyl (C=O) groups is 1. The minimum atomic E-state index is -1.05. The fourth-order valence-corrected chi connectivity index (χ4v) is 1.04. The monoisotopic (exact) mass is 214 g/mol. The Morgan fingerprint density at radius 3 is 2.73 bits per heavy atom. The van der Waals surface area contributed by atoms with Crippen LogP contribution in [0.15, 0.2) is 22.1 Å². The highest BCUT2D eigenvalue weighted by molar-refractivity contribution is 5.92. The summed E-state index contributed by atoms with van der Waals surface area (Å²) in [5.74, 6) is -0.513. The molecule has 2 atom stereocenters. The molecule has 1 heterocycles. The third-order valence-corrected chi connectivity index (χ3v) is 1.65. The first-order valence-corrected chi connectivity index (χ1v) is 4.07. The largest absolute Gasteiger partial charge is 0.344 e. The third-order valence-electron chi connectivity index (χ3n) is 1.65. The van der Waals surface area contributed by atoms with Crippen molar-refractivity contribution in [3.63, 3.8) is 0 Å². The van der Waals surface area contributed by atoms with E-state index in [0.717, 1.165) is 0 Å². The average Bonchev–Trinajstić information content (AvgIpc) is 2.28. The van der Waals surface area contributed by atoms with E-state index in [-0.39, 0.29) is 5.70 Å². The normalized spacial score (nSPS) is 24.7. The Morgan fingerprint density at radius 1 is 1.47 bits per heavy atom. The molecule has 0 radical (unpaired) electrons. The maximum absolute atomic E-state index is 11.3. The van der Waals surface area contributed by atoms with Crippen LogP contribution in [0.4, 0.5) is 0 Å². The van der Waals surface area contributed by atoms with Crippen LogP contribution < -0.4 is 21.5 Å². The van der Waals surface area contributed by atoms with Gasteiger partial charge in [-0.05, 0) is 16.4 Å². The summed E-state index contributed by atoms with van der Waals surface area (Å²) in [5, 5.41) is 10.2. The lowest BCUT2D eigenvalue weighted by atomic mass is 10.3. The van der Waals surface area contributed by atoms with Gasteiger partial charge in [0.1, 0.15) is 5.70 Å². The number of nitrogens with one attached hydrogen (secondary N) is 4. The first-order chi connectivity index (χ1) is 7.21. The van der Waals surface area contributed by atoms with Crippen LogP contribution in [0, 0.1) is 9.81 Å². The Balaban J connectivity index is 2.77. The summed E-state index contributed by atoms with van der Waals surface area (Å²) in [6, 6.07) is 0. The van der Waals surface area contributed by atoms with E-state index in [4.69, 9.17) is 0 Å². The molecule has 0 aromatic rings. The predicted molar refractivity (Wildman–Crippen MR) is 50.7 cm³/mol. The van der Waals surface area contributed by atoms with Crippen LogP contribution in [-0.2, 0) is 4.79 Å². The van der Waals surface area contributed by atoms with Gasteiger partial charge >= 0.3 is 0 Å². The Kier molecular flexibility index (Phi) is 3.83. The van der Waals surface area contributed by atoms with Gasteiger partial charge in [-0.15, -0.1) is 9.81 Å². The van der Waals surface area contributed by atoms with Gasteiger partial charge in [-0.25, -0.2) is 10.7 Å². The quantitative estimate of drug-likeness (QED) is 0.332. The smallest absolute Gasteiger partial charge is 0.281 e. The van der Waals surface area contributed by atoms with Gasteiger partial charge in [0.2, 0.25) is 6.29 Å². The average molecular weight is 214 g/mol. The zero-order valence-electron chi connectivity index (χ0n) is 7.85. The number of hydrogen-bond acceptors (Lipinski definition) is 8. The number of amides is 1. The van der Waals surface area contributed by atoms with E-state index in [0.29, 0.717) is 0 Å². The molecule has 82 valence electrons. The Morgan fingerprint density at radius 2 is 2.20 bits per heavy atom. The van der Waals surface area contributed by atoms with E-state index in [2.05, 4.69) is 31.8 Å². The van der Waals surface area contributed by atoms with Crippen molar-refractivity contribution in [2.75, 3.05) is 7.05 Å². The van der Waals surface area contributed by atoms with Crippen molar-refractivity contribution in [3.8, 4) is 0 Å². The molecule has 1 rings (SSSR count). The second-order valence-corrected chi connectivity index (χ2v) is 2.65. The van der Waals surface area contributed by atoms with Crippen LogP contribution in [0.5, 0.6) is 0 Å². The van der Waals surface area contributed by atoms with Crippen molar-refractivity contribution in [1.29, 1.82) is 0 Å². The molecular formula is C6H10N6O3. The van der Waals surface area contributed by atoms with Crippen molar-refractivity contribution in [1.82, 2.24) is 21.5 Å². The van der Waals surface area contributed by atoms with E-state index in [1.165, 1.54) is 13.1 Å². The number of rotatable bonds is 4. The van der Waals surface area contributed by atoms with Gasteiger partial charge in [-0.2, -0.15) is 0 Å². The van der Waals surface area contributed by atoms with Gasteiger partial charge in [-0.1, -0.05) is 0 Å². The molecule has 15 heavy (non-hydrogen) atoms. The molecular weight excluding hydrogens is 204 g/mol. The van der Waals surface area contributed by atoms with Gasteiger partial charge in [0.05, 0.1) is 0 Å². The summed E-state index contributed by atoms with van der Waals surface area (Å²) in [6.45, 7) is 0. The lowest BCUT2D eigenvalue weighted by Gasteiger charge is -2.23. The third kappa shape index (κ3) is 2.79. The topological polar surface area (TPSA) is 124 Å². The Labute approximate surface area is 84.6 Å². The van der Waals surface area contributed by atoms with Crippen molar-refractivity contribution in [3.05, 3.63) is 21.6 Å². The molecule has 0 saturated carbocycles. The highest BCUT2D eigenvalue weighted by atomic mass is 16.3. The molecule has 0 spiro atoms. The van der Waals surface area contributed by atoms with E-state index < -0.39 is 18.4 Å². The molecule has 1 aliphatic heterocycles. The molecule has 0 aromatic carbocycles. The lowest BCUT2D eigenvalue weighted by Crippen LogP contribution is -2.52. The summed E-state index contributed by atoms with van der Waals surface area (Å²) in [6.07, 6.45) is -0.747. The number of hydrazine groups is 1. The number of carbonyl (C=O) groups excluding carboxylic acids is 1. The van der Waals surface area contributed by atoms with Gasteiger partial charge in [0.15, 0.2) is 6.17 Å². The number of nitrogens with zero attached hydrogens (tertiary/aromatic N) is 2. The summed E-state index contributed by atoms with van der Waals surface area (Å²) in [7, 11) is 1.50. The maximum atomic E-state index is 11.3. The maximum Gasteiger partial charge on any atom is 0.281 e. The summed E-state index contributed by atoms with van der Waals surface area (Å²) in [4.78, 5) is 31.8. The van der Waals surface area contributed by atoms with Crippen molar-refractivity contribution in [2.24, 2.45) is 10.4 Å². The van der Waals surface area contributed by atoms with E-state index >= 15 is 0 Å². The van der Waals surface area contributed by atoms with Crippen LogP contribution in [0.2, 0.25) is 0 Å². The van der Waals surface area contributed by atoms with Crippen LogP contribution in [-0.4, -0.2) is 25.4 Å². The summed E-state index contributed by atoms with van der Waals surface area (Å²) < 4.78 is 0. The second kappa shape index (κ2) is 5.12. The molecule has 0 aliphatic carbocycles. The molecule has 0 aromatic heterocycles. The van der Waals surface area contributed by atoms with E-state index in [9.17, 15) is 14.6 Å². The molecule has 1 aliphatic rings. The van der Waals surface area contributed by atoms with Crippen LogP contribution in [0.25, 0.3) is 0 Å². The zero-order valence-corrected chi connectivity index (χ0v) is 7.85. The zero-order chi connectivity index (χ0) is 11.3. The van der Waals surface area contributed by atoms with Crippen molar-refractivity contribution in [2.45, 2.75) is 12.5 Å². The van der Waals surface area contributed by atoms with Gasteiger partial charge in [0, 0.05) is 7.05 Å². The van der Waals surface area contributed by atoms with E-state index in [1.54, 1.807) is 0 Å². The molecule has 0 fully saturated rings. The molecule has 0 saturated heterocycles. The Bertz CT molecular complexity index is 303. The predicted octanol–water partition coefficient (Wildman–Crippen LogP) is -1.54. The van der Waals surface area contributed by atoms with Crippen LogP contribution >= 0.6 is 0 Å². The highest BCUT2D eigenvalue weighted by Crippen LogP contribution is 2.04. The summed E-state index contributed by atoms with van der Waals surface area (Å²) >= 11 is 0. The number of nitroso groups, excluding NO2 is 2. The molecule has 0 bridgehead atoms. The molecule has 1 amide bonds. The molecule has 9 heteroatoms. The fourth-order valence-electron chi connectivity index (χ4n) is 1.04. The molecule has 4 N–H and O–H groups in total. The first-order valence-electron chi connectivity index (χ1n) is 4.07. The van der Waals surface area contributed by atoms with E-state index in [1.807, 2.05) is 0 Å². The molecule has 9 nitrogen and oxygen atoms in total. The van der Waals surface area contributed by atoms with Gasteiger partial charge in [0.25, 0.3) is 5.91 Å². The minimum Gasteiger partial charge on any atom is -0.344 e. The second-order valence-electron chi connectivity index (χ2n) is 2.65.